The van der Waals surface area contributed by atoms with Gasteiger partial charge in [-0.15, -0.1) is 0 Å². The number of carbonyl (C=O) groups is 1. The van der Waals surface area contributed by atoms with Crippen LogP contribution in [0.25, 0.3) is 0 Å². The molecule has 1 rings (SSSR count). The minimum absolute atomic E-state index is 0.180. The van der Waals surface area contributed by atoms with E-state index in [1.165, 1.54) is 10.6 Å². The molecule has 1 heterocycles. The molecule has 0 aliphatic carbocycles. The van der Waals surface area contributed by atoms with E-state index in [9.17, 15) is 9.59 Å². The fourth-order valence-corrected chi connectivity index (χ4v) is 1.35. The maximum Gasteiger partial charge on any atom is 0.328 e. The fraction of sp³-hybridized carbons (Fsp3) is 0.500. The molecule has 4 heteroatoms. The third-order valence-electron chi connectivity index (χ3n) is 2.31. The van der Waals surface area contributed by atoms with Crippen molar-refractivity contribution in [3.8, 4) is 0 Å². The zero-order chi connectivity index (χ0) is 12.1. The van der Waals surface area contributed by atoms with Gasteiger partial charge in [-0.25, -0.2) is 4.79 Å². The molecule has 0 amide bonds. The lowest BCUT2D eigenvalue weighted by atomic mass is 10.2. The molecule has 1 aromatic rings. The number of ether oxygens (including phenoxy) is 1. The van der Waals surface area contributed by atoms with Crippen molar-refractivity contribution in [2.24, 2.45) is 0 Å². The summed E-state index contributed by atoms with van der Waals surface area (Å²) in [6.45, 7) is 5.82. The molecule has 0 aromatic carbocycles. The molecule has 0 fully saturated rings. The summed E-state index contributed by atoms with van der Waals surface area (Å²) in [6.07, 6.45) is 2.40. The molecule has 88 valence electrons. The molecular formula is C12H17NO3. The van der Waals surface area contributed by atoms with Gasteiger partial charge in [0.25, 0.3) is 5.56 Å². The summed E-state index contributed by atoms with van der Waals surface area (Å²) in [5.74, 6) is -0.368. The first-order valence-electron chi connectivity index (χ1n) is 5.41. The van der Waals surface area contributed by atoms with Crippen LogP contribution in [0.1, 0.15) is 31.9 Å². The van der Waals surface area contributed by atoms with E-state index in [1.54, 1.807) is 19.2 Å². The predicted octanol–water partition coefficient (Wildman–Crippen LogP) is 1.67. The molecule has 1 aromatic heterocycles. The minimum Gasteiger partial charge on any atom is -0.464 e. The fourth-order valence-electron chi connectivity index (χ4n) is 1.35. The predicted molar refractivity (Wildman–Crippen MR) is 61.4 cm³/mol. The van der Waals surface area contributed by atoms with Crippen molar-refractivity contribution in [3.63, 3.8) is 0 Å². The Morgan fingerprint density at radius 3 is 2.81 bits per heavy atom. The zero-order valence-electron chi connectivity index (χ0n) is 9.90. The smallest absolute Gasteiger partial charge is 0.328 e. The van der Waals surface area contributed by atoms with Crippen molar-refractivity contribution in [2.45, 2.75) is 33.2 Å². The van der Waals surface area contributed by atoms with Crippen LogP contribution in [0.2, 0.25) is 0 Å². The van der Waals surface area contributed by atoms with Gasteiger partial charge in [0.05, 0.1) is 6.61 Å². The quantitative estimate of drug-likeness (QED) is 0.729. The molecule has 0 N–H and O–H groups in total. The van der Waals surface area contributed by atoms with Crippen LogP contribution in [0.5, 0.6) is 0 Å². The number of aromatic nitrogens is 1. The van der Waals surface area contributed by atoms with Crippen molar-refractivity contribution in [1.82, 2.24) is 4.57 Å². The van der Waals surface area contributed by atoms with Crippen LogP contribution < -0.4 is 5.56 Å². The number of aryl methyl sites for hydroxylation is 1. The molecule has 0 aliphatic rings. The Labute approximate surface area is 94.9 Å². The first kappa shape index (κ1) is 12.5. The van der Waals surface area contributed by atoms with Gasteiger partial charge in [-0.2, -0.15) is 0 Å². The first-order valence-corrected chi connectivity index (χ1v) is 5.41. The number of hydrogen-bond donors (Lipinski definition) is 0. The molecule has 0 saturated carbocycles. The van der Waals surface area contributed by atoms with Crippen LogP contribution in [-0.4, -0.2) is 17.1 Å². The van der Waals surface area contributed by atoms with Crippen molar-refractivity contribution in [3.05, 3.63) is 34.2 Å². The van der Waals surface area contributed by atoms with Gasteiger partial charge in [-0.05, 0) is 31.9 Å². The minimum atomic E-state index is -0.570. The van der Waals surface area contributed by atoms with Gasteiger partial charge < -0.3 is 9.30 Å². The summed E-state index contributed by atoms with van der Waals surface area (Å²) in [5, 5.41) is 0. The Morgan fingerprint density at radius 2 is 2.25 bits per heavy atom. The van der Waals surface area contributed by atoms with Gasteiger partial charge in [0.2, 0.25) is 0 Å². The van der Waals surface area contributed by atoms with E-state index in [0.717, 1.165) is 12.0 Å². The lowest BCUT2D eigenvalue weighted by Gasteiger charge is -2.13. The number of rotatable bonds is 4. The number of hydrogen-bond acceptors (Lipinski definition) is 3. The average Bonchev–Trinajstić information content (AvgIpc) is 2.25. The summed E-state index contributed by atoms with van der Waals surface area (Å²) in [4.78, 5) is 23.2. The average molecular weight is 223 g/mol. The molecule has 16 heavy (non-hydrogen) atoms. The molecule has 0 aliphatic heterocycles. The lowest BCUT2D eigenvalue weighted by molar-refractivity contribution is -0.147. The van der Waals surface area contributed by atoms with Crippen molar-refractivity contribution >= 4 is 5.97 Å². The van der Waals surface area contributed by atoms with Crippen LogP contribution in [0, 0.1) is 6.92 Å². The van der Waals surface area contributed by atoms with E-state index in [1.807, 2.05) is 13.8 Å². The summed E-state index contributed by atoms with van der Waals surface area (Å²) in [6, 6.07) is 2.73. The van der Waals surface area contributed by atoms with Crippen LogP contribution in [0.3, 0.4) is 0 Å². The molecule has 1 unspecified atom stereocenters. The molecule has 0 bridgehead atoms. The Bertz CT molecular complexity index is 423. The van der Waals surface area contributed by atoms with E-state index in [4.69, 9.17) is 4.74 Å². The number of nitrogens with zero attached hydrogens (tertiary/aromatic N) is 1. The van der Waals surface area contributed by atoms with Gasteiger partial charge in [-0.3, -0.25) is 4.79 Å². The van der Waals surface area contributed by atoms with E-state index in [0.29, 0.717) is 6.61 Å². The van der Waals surface area contributed by atoms with Crippen molar-refractivity contribution in [1.29, 1.82) is 0 Å². The van der Waals surface area contributed by atoms with Crippen LogP contribution in [-0.2, 0) is 9.53 Å². The Balaban J connectivity index is 2.84. The molecular weight excluding hydrogens is 206 g/mol. The third kappa shape index (κ3) is 2.95. The van der Waals surface area contributed by atoms with Gasteiger partial charge in [-0.1, -0.05) is 6.92 Å². The molecule has 0 spiro atoms. The van der Waals surface area contributed by atoms with Gasteiger partial charge in [0.1, 0.15) is 6.04 Å². The second-order valence-corrected chi connectivity index (χ2v) is 3.79. The SMILES string of the molecule is CCCOC(=O)C(C)n1ccc(C)cc1=O. The molecule has 0 saturated heterocycles. The second kappa shape index (κ2) is 5.49. The molecule has 4 nitrogen and oxygen atoms in total. The second-order valence-electron chi connectivity index (χ2n) is 3.79. The lowest BCUT2D eigenvalue weighted by Crippen LogP contribution is -2.28. The summed E-state index contributed by atoms with van der Waals surface area (Å²) in [7, 11) is 0. The summed E-state index contributed by atoms with van der Waals surface area (Å²) < 4.78 is 6.37. The topological polar surface area (TPSA) is 48.3 Å². The number of esters is 1. The first-order chi connectivity index (χ1) is 7.56. The third-order valence-corrected chi connectivity index (χ3v) is 2.31. The summed E-state index contributed by atoms with van der Waals surface area (Å²) in [5.41, 5.74) is 0.705. The van der Waals surface area contributed by atoms with Crippen LogP contribution in [0.4, 0.5) is 0 Å². The van der Waals surface area contributed by atoms with Crippen LogP contribution >= 0.6 is 0 Å². The highest BCUT2D eigenvalue weighted by atomic mass is 16.5. The van der Waals surface area contributed by atoms with Gasteiger partial charge in [0.15, 0.2) is 0 Å². The number of carbonyl (C=O) groups excluding carboxylic acids is 1. The van der Waals surface area contributed by atoms with E-state index >= 15 is 0 Å². The highest BCUT2D eigenvalue weighted by molar-refractivity contribution is 5.73. The van der Waals surface area contributed by atoms with E-state index in [2.05, 4.69) is 0 Å². The number of pyridine rings is 1. The maximum absolute atomic E-state index is 11.6. The van der Waals surface area contributed by atoms with Crippen molar-refractivity contribution < 1.29 is 9.53 Å². The van der Waals surface area contributed by atoms with Gasteiger partial charge >= 0.3 is 5.97 Å². The normalized spacial score (nSPS) is 12.2. The van der Waals surface area contributed by atoms with Gasteiger partial charge in [0, 0.05) is 12.3 Å². The Morgan fingerprint density at radius 1 is 1.56 bits per heavy atom. The maximum atomic E-state index is 11.6. The van der Waals surface area contributed by atoms with E-state index in [-0.39, 0.29) is 11.5 Å². The highest BCUT2D eigenvalue weighted by Gasteiger charge is 2.16. The van der Waals surface area contributed by atoms with Crippen LogP contribution in [0.15, 0.2) is 23.1 Å². The monoisotopic (exact) mass is 223 g/mol. The summed E-state index contributed by atoms with van der Waals surface area (Å²) >= 11 is 0. The Hall–Kier alpha value is -1.58. The molecule has 1 atom stereocenters. The standard InChI is InChI=1S/C12H17NO3/c1-4-7-16-12(15)10(3)13-6-5-9(2)8-11(13)14/h5-6,8,10H,4,7H2,1-3H3. The largest absolute Gasteiger partial charge is 0.464 e. The van der Waals surface area contributed by atoms with E-state index < -0.39 is 6.04 Å². The Kier molecular flexibility index (Phi) is 4.28. The molecule has 0 radical (unpaired) electrons. The van der Waals surface area contributed by atoms with Crippen molar-refractivity contribution in [2.75, 3.05) is 6.61 Å². The highest BCUT2D eigenvalue weighted by Crippen LogP contribution is 2.05. The zero-order valence-corrected chi connectivity index (χ0v) is 9.90.